The molecule has 0 saturated carbocycles. The van der Waals surface area contributed by atoms with Gasteiger partial charge in [-0.15, -0.1) is 0 Å². The molecular weight excluding hydrogens is 298 g/mol. The smallest absolute Gasteiger partial charge is 0.321 e. The zero-order valence-electron chi connectivity index (χ0n) is 14.2. The van der Waals surface area contributed by atoms with Crippen molar-refractivity contribution in [3.8, 4) is 11.5 Å². The molecule has 0 aliphatic carbocycles. The summed E-state index contributed by atoms with van der Waals surface area (Å²) in [4.78, 5) is 24.2. The number of urea groups is 1. The van der Waals surface area contributed by atoms with E-state index in [-0.39, 0.29) is 12.5 Å². The van der Waals surface area contributed by atoms with E-state index in [1.807, 2.05) is 26.1 Å². The van der Waals surface area contributed by atoms with E-state index in [0.29, 0.717) is 24.6 Å². The molecule has 3 amide bonds. The van der Waals surface area contributed by atoms with Crippen LogP contribution in [-0.4, -0.2) is 46.3 Å². The van der Waals surface area contributed by atoms with Crippen LogP contribution >= 0.6 is 0 Å². The van der Waals surface area contributed by atoms with Crippen LogP contribution in [0.15, 0.2) is 18.2 Å². The van der Waals surface area contributed by atoms with Gasteiger partial charge in [-0.25, -0.2) is 4.79 Å². The van der Waals surface area contributed by atoms with Crippen LogP contribution in [0.25, 0.3) is 0 Å². The molecule has 1 atom stereocenters. The Morgan fingerprint density at radius 3 is 2.57 bits per heavy atom. The highest BCUT2D eigenvalue weighted by molar-refractivity contribution is 5.94. The second-order valence-electron chi connectivity index (χ2n) is 5.29. The lowest BCUT2D eigenvalue weighted by molar-refractivity contribution is -0.885. The highest BCUT2D eigenvalue weighted by Crippen LogP contribution is 2.23. The van der Waals surface area contributed by atoms with E-state index in [2.05, 4.69) is 10.6 Å². The van der Waals surface area contributed by atoms with Crippen LogP contribution in [-0.2, 0) is 11.3 Å². The minimum atomic E-state index is -0.452. The van der Waals surface area contributed by atoms with Gasteiger partial charge in [-0.05, 0) is 18.6 Å². The summed E-state index contributed by atoms with van der Waals surface area (Å²) in [6, 6.07) is 5.11. The molecule has 1 rings (SSSR count). The van der Waals surface area contributed by atoms with Crippen LogP contribution in [0.4, 0.5) is 4.79 Å². The summed E-state index contributed by atoms with van der Waals surface area (Å²) in [6.07, 6.45) is 0.823. The number of ether oxygens (including phenoxy) is 2. The number of quaternary nitrogens is 1. The zero-order valence-corrected chi connectivity index (χ0v) is 14.2. The Hall–Kier alpha value is -2.28. The summed E-state index contributed by atoms with van der Waals surface area (Å²) in [6.45, 7) is 3.28. The molecule has 7 heteroatoms. The van der Waals surface area contributed by atoms with E-state index in [4.69, 9.17) is 9.47 Å². The first kappa shape index (κ1) is 18.8. The Labute approximate surface area is 136 Å². The van der Waals surface area contributed by atoms with Gasteiger partial charge in [0, 0.05) is 18.2 Å². The summed E-state index contributed by atoms with van der Waals surface area (Å²) in [5.74, 6) is 1.11. The Morgan fingerprint density at radius 2 is 1.96 bits per heavy atom. The summed E-state index contributed by atoms with van der Waals surface area (Å²) in [5.41, 5.74) is 0.967. The van der Waals surface area contributed by atoms with Crippen molar-refractivity contribution in [1.29, 1.82) is 0 Å². The maximum atomic E-state index is 11.8. The van der Waals surface area contributed by atoms with Crippen molar-refractivity contribution in [3.63, 3.8) is 0 Å². The number of carbonyl (C=O) groups excluding carboxylic acids is 2. The van der Waals surface area contributed by atoms with Crippen molar-refractivity contribution in [2.75, 3.05) is 34.4 Å². The molecule has 1 aromatic rings. The van der Waals surface area contributed by atoms with Crippen LogP contribution in [0.3, 0.4) is 0 Å². The molecule has 23 heavy (non-hydrogen) atoms. The molecule has 0 saturated heterocycles. The van der Waals surface area contributed by atoms with Gasteiger partial charge in [0.2, 0.25) is 0 Å². The molecule has 0 spiro atoms. The van der Waals surface area contributed by atoms with E-state index >= 15 is 0 Å². The average molecular weight is 324 g/mol. The first-order valence-corrected chi connectivity index (χ1v) is 7.60. The molecule has 7 nitrogen and oxygen atoms in total. The third kappa shape index (κ3) is 6.56. The van der Waals surface area contributed by atoms with Gasteiger partial charge in [0.1, 0.15) is 18.0 Å². The maximum absolute atomic E-state index is 11.8. The topological polar surface area (TPSA) is 81.1 Å². The van der Waals surface area contributed by atoms with Gasteiger partial charge in [0.05, 0.1) is 21.3 Å². The SMILES string of the molecule is CCCNC(=O)NC(=O)C[NH+](C)Cc1ccc(OC)cc1OC. The van der Waals surface area contributed by atoms with E-state index < -0.39 is 6.03 Å². The summed E-state index contributed by atoms with van der Waals surface area (Å²) >= 11 is 0. The Balaban J connectivity index is 2.54. The number of benzene rings is 1. The van der Waals surface area contributed by atoms with Gasteiger partial charge in [-0.1, -0.05) is 6.92 Å². The summed E-state index contributed by atoms with van der Waals surface area (Å²) < 4.78 is 10.5. The molecule has 0 aromatic heterocycles. The Bertz CT molecular complexity index is 534. The third-order valence-electron chi connectivity index (χ3n) is 3.24. The van der Waals surface area contributed by atoms with E-state index in [1.54, 1.807) is 20.3 Å². The number of hydrogen-bond acceptors (Lipinski definition) is 4. The predicted molar refractivity (Wildman–Crippen MR) is 86.8 cm³/mol. The lowest BCUT2D eigenvalue weighted by atomic mass is 10.2. The summed E-state index contributed by atoms with van der Waals surface area (Å²) in [7, 11) is 5.07. The number of carbonyl (C=O) groups is 2. The molecular formula is C16H26N3O4+. The molecule has 0 heterocycles. The van der Waals surface area contributed by atoms with E-state index in [1.165, 1.54) is 0 Å². The minimum absolute atomic E-state index is 0.189. The number of hydrogen-bond donors (Lipinski definition) is 3. The first-order chi connectivity index (χ1) is 11.0. The zero-order chi connectivity index (χ0) is 17.2. The molecule has 0 fully saturated rings. The highest BCUT2D eigenvalue weighted by atomic mass is 16.5. The van der Waals surface area contributed by atoms with Crippen molar-refractivity contribution in [2.24, 2.45) is 0 Å². The van der Waals surface area contributed by atoms with Gasteiger partial charge in [-0.2, -0.15) is 0 Å². The standard InChI is InChI=1S/C16H25N3O4/c1-5-8-17-16(21)18-15(20)11-19(2)10-12-6-7-13(22-3)9-14(12)23-4/h6-7,9H,5,8,10-11H2,1-4H3,(H2,17,18,20,21)/p+1. The van der Waals surface area contributed by atoms with Crippen LogP contribution in [0.1, 0.15) is 18.9 Å². The second-order valence-corrected chi connectivity index (χ2v) is 5.29. The quantitative estimate of drug-likeness (QED) is 0.626. The molecule has 0 aliphatic heterocycles. The highest BCUT2D eigenvalue weighted by Gasteiger charge is 2.15. The van der Waals surface area contributed by atoms with Crippen molar-refractivity contribution >= 4 is 11.9 Å². The monoisotopic (exact) mass is 324 g/mol. The normalized spacial score (nSPS) is 11.5. The molecule has 1 unspecified atom stereocenters. The van der Waals surface area contributed by atoms with Crippen LogP contribution in [0.5, 0.6) is 11.5 Å². The molecule has 0 aliphatic rings. The van der Waals surface area contributed by atoms with Crippen LogP contribution in [0.2, 0.25) is 0 Å². The van der Waals surface area contributed by atoms with Crippen molar-refractivity contribution in [3.05, 3.63) is 23.8 Å². The molecule has 128 valence electrons. The van der Waals surface area contributed by atoms with Crippen LogP contribution < -0.4 is 25.0 Å². The number of likely N-dealkylation sites (N-methyl/N-ethyl adjacent to an activating group) is 1. The average Bonchev–Trinajstić information content (AvgIpc) is 2.52. The fourth-order valence-electron chi connectivity index (χ4n) is 2.11. The maximum Gasteiger partial charge on any atom is 0.321 e. The number of nitrogens with one attached hydrogen (secondary N) is 3. The van der Waals surface area contributed by atoms with Gasteiger partial charge >= 0.3 is 6.03 Å². The lowest BCUT2D eigenvalue weighted by Gasteiger charge is -2.16. The number of amides is 3. The van der Waals surface area contributed by atoms with Gasteiger partial charge in [0.15, 0.2) is 6.54 Å². The minimum Gasteiger partial charge on any atom is -0.497 e. The number of methoxy groups -OCH3 is 2. The van der Waals surface area contributed by atoms with E-state index in [0.717, 1.165) is 16.9 Å². The Morgan fingerprint density at radius 1 is 1.22 bits per heavy atom. The van der Waals surface area contributed by atoms with E-state index in [9.17, 15) is 9.59 Å². The molecule has 0 radical (unpaired) electrons. The second kappa shape index (κ2) is 9.68. The number of rotatable bonds is 8. The Kier molecular flexibility index (Phi) is 7.90. The number of imide groups is 1. The molecule has 3 N–H and O–H groups in total. The predicted octanol–water partition coefficient (Wildman–Crippen LogP) is -0.0457. The van der Waals surface area contributed by atoms with Crippen molar-refractivity contribution < 1.29 is 24.0 Å². The fraction of sp³-hybridized carbons (Fsp3) is 0.500. The van der Waals surface area contributed by atoms with Gasteiger partial charge in [0.25, 0.3) is 5.91 Å². The lowest BCUT2D eigenvalue weighted by Crippen LogP contribution is -3.09. The van der Waals surface area contributed by atoms with Crippen LogP contribution in [0, 0.1) is 0 Å². The largest absolute Gasteiger partial charge is 0.497 e. The first-order valence-electron chi connectivity index (χ1n) is 7.60. The van der Waals surface area contributed by atoms with Gasteiger partial charge < -0.3 is 19.7 Å². The third-order valence-corrected chi connectivity index (χ3v) is 3.24. The molecule has 1 aromatic carbocycles. The fourth-order valence-corrected chi connectivity index (χ4v) is 2.11. The van der Waals surface area contributed by atoms with Gasteiger partial charge in [-0.3, -0.25) is 10.1 Å². The molecule has 0 bridgehead atoms. The summed E-state index contributed by atoms with van der Waals surface area (Å²) in [5, 5.41) is 4.92. The van der Waals surface area contributed by atoms with Crippen molar-refractivity contribution in [1.82, 2.24) is 10.6 Å². The van der Waals surface area contributed by atoms with Crippen molar-refractivity contribution in [2.45, 2.75) is 19.9 Å².